The quantitative estimate of drug-likeness (QED) is 0.183. The van der Waals surface area contributed by atoms with E-state index < -0.39 is 0 Å². The molecule has 254 valence electrons. The van der Waals surface area contributed by atoms with Crippen molar-refractivity contribution in [3.63, 3.8) is 0 Å². The number of rotatable bonds is 3. The van der Waals surface area contributed by atoms with Gasteiger partial charge in [0, 0.05) is 58.3 Å². The Hall–Kier alpha value is -6.63. The molecular formula is C48H31N5S. The van der Waals surface area contributed by atoms with Crippen molar-refractivity contribution in [3.05, 3.63) is 163 Å². The van der Waals surface area contributed by atoms with E-state index in [2.05, 4.69) is 156 Å². The first-order valence-corrected chi connectivity index (χ1v) is 19.2. The molecule has 11 aromatic rings. The normalized spacial score (nSPS) is 13.5. The van der Waals surface area contributed by atoms with Gasteiger partial charge in [-0.1, -0.05) is 129 Å². The van der Waals surface area contributed by atoms with Crippen LogP contribution in [-0.4, -0.2) is 24.1 Å². The summed E-state index contributed by atoms with van der Waals surface area (Å²) < 4.78 is 7.18. The maximum Gasteiger partial charge on any atom is 0.238 e. The highest BCUT2D eigenvalue weighted by atomic mass is 32.1. The molecule has 0 spiro atoms. The van der Waals surface area contributed by atoms with Gasteiger partial charge < -0.3 is 4.57 Å². The van der Waals surface area contributed by atoms with Crippen LogP contribution in [0, 0.1) is 0 Å². The number of para-hydroxylation sites is 3. The Morgan fingerprint density at radius 1 is 0.481 bits per heavy atom. The molecule has 0 atom stereocenters. The molecule has 4 aromatic heterocycles. The minimum absolute atomic E-state index is 0.259. The lowest BCUT2D eigenvalue weighted by molar-refractivity contribution is 0.631. The molecule has 54 heavy (non-hydrogen) atoms. The molecule has 5 heterocycles. The van der Waals surface area contributed by atoms with E-state index in [0.717, 1.165) is 27.5 Å². The van der Waals surface area contributed by atoms with Gasteiger partial charge in [-0.2, -0.15) is 9.97 Å². The molecule has 0 N–H and O–H groups in total. The average molecular weight is 710 g/mol. The molecule has 0 bridgehead atoms. The molecule has 0 amide bonds. The third-order valence-electron chi connectivity index (χ3n) is 11.6. The number of fused-ring (bicyclic) bond motifs is 11. The lowest BCUT2D eigenvalue weighted by atomic mass is 9.74. The summed E-state index contributed by atoms with van der Waals surface area (Å²) in [5.74, 6) is 1.91. The molecule has 0 saturated heterocycles. The van der Waals surface area contributed by atoms with Crippen LogP contribution in [0.2, 0.25) is 0 Å². The zero-order chi connectivity index (χ0) is 35.7. The van der Waals surface area contributed by atoms with Crippen molar-refractivity contribution in [2.75, 3.05) is 0 Å². The molecule has 1 aliphatic rings. The van der Waals surface area contributed by atoms with Gasteiger partial charge in [-0.25, -0.2) is 4.98 Å². The number of hydrogen-bond donors (Lipinski definition) is 0. The van der Waals surface area contributed by atoms with Crippen molar-refractivity contribution in [3.8, 4) is 34.4 Å². The molecule has 1 aliphatic heterocycles. The highest BCUT2D eigenvalue weighted by Gasteiger charge is 2.36. The summed E-state index contributed by atoms with van der Waals surface area (Å²) in [5, 5.41) is 7.37. The Morgan fingerprint density at radius 2 is 1.13 bits per heavy atom. The van der Waals surface area contributed by atoms with Crippen LogP contribution in [0.5, 0.6) is 0 Å². The van der Waals surface area contributed by atoms with Crippen LogP contribution in [0.15, 0.2) is 152 Å². The largest absolute Gasteiger partial charge is 0.309 e. The number of hydrogen-bond acceptors (Lipinski definition) is 4. The maximum atomic E-state index is 5.38. The summed E-state index contributed by atoms with van der Waals surface area (Å²) in [6.07, 6.45) is 0. The summed E-state index contributed by atoms with van der Waals surface area (Å²) in [6.45, 7) is 4.72. The van der Waals surface area contributed by atoms with Crippen LogP contribution in [-0.2, 0) is 5.41 Å². The molecule has 0 radical (unpaired) electrons. The van der Waals surface area contributed by atoms with Crippen molar-refractivity contribution in [1.29, 1.82) is 0 Å². The lowest BCUT2D eigenvalue weighted by Gasteiger charge is -2.35. The van der Waals surface area contributed by atoms with Gasteiger partial charge >= 0.3 is 0 Å². The van der Waals surface area contributed by atoms with Gasteiger partial charge in [0.2, 0.25) is 5.95 Å². The molecular weight excluding hydrogens is 679 g/mol. The van der Waals surface area contributed by atoms with Crippen LogP contribution < -0.4 is 0 Å². The molecule has 0 fully saturated rings. The van der Waals surface area contributed by atoms with E-state index in [1.54, 1.807) is 11.3 Å². The highest BCUT2D eigenvalue weighted by Crippen LogP contribution is 2.49. The van der Waals surface area contributed by atoms with Crippen molar-refractivity contribution in [2.24, 2.45) is 0 Å². The molecule has 6 heteroatoms. The fraction of sp³-hybridized carbons (Fsp3) is 0.0625. The molecule has 7 aromatic carbocycles. The number of benzene rings is 7. The second-order valence-electron chi connectivity index (χ2n) is 14.8. The molecule has 0 saturated carbocycles. The van der Waals surface area contributed by atoms with Crippen molar-refractivity contribution < 1.29 is 0 Å². The van der Waals surface area contributed by atoms with Gasteiger partial charge in [-0.3, -0.25) is 4.57 Å². The zero-order valence-corrected chi connectivity index (χ0v) is 30.4. The van der Waals surface area contributed by atoms with Crippen LogP contribution in [0.25, 0.3) is 98.2 Å². The Bertz CT molecular complexity index is 3370. The SMILES string of the molecule is CC1(C)c2cc3c(cc2-n2c4ccccc4c4cccc1c42)c1ccccc1n3-c1nc(-c2ccccc2)nc(-c2cccc3c2sc2ccccc23)n1. The van der Waals surface area contributed by atoms with Gasteiger partial charge in [-0.05, 0) is 47.5 Å². The third kappa shape index (κ3) is 3.95. The monoisotopic (exact) mass is 709 g/mol. The lowest BCUT2D eigenvalue weighted by Crippen LogP contribution is -2.26. The molecule has 5 nitrogen and oxygen atoms in total. The Balaban J connectivity index is 1.18. The summed E-state index contributed by atoms with van der Waals surface area (Å²) in [5.41, 5.74) is 10.2. The van der Waals surface area contributed by atoms with E-state index in [-0.39, 0.29) is 5.41 Å². The standard InChI is InChI=1S/C48H31N5S/c1-48(2)36-22-13-19-32-29-16-6-9-23-38(29)52(43(32)36)41-26-35-30-17-7-10-24-39(30)53(40(35)27-37(41)48)47-50-45(28-14-4-3-5-15-28)49-46(51-47)34-21-12-20-33-31-18-8-11-25-42(31)54-44(33)34/h3-27H,1-2H3. The summed E-state index contributed by atoms with van der Waals surface area (Å²) in [7, 11) is 0. The van der Waals surface area contributed by atoms with Gasteiger partial charge in [0.05, 0.1) is 27.8 Å². The second-order valence-corrected chi connectivity index (χ2v) is 15.9. The first-order valence-electron chi connectivity index (χ1n) is 18.4. The topological polar surface area (TPSA) is 48.5 Å². The van der Waals surface area contributed by atoms with Gasteiger partial charge in [0.25, 0.3) is 0 Å². The van der Waals surface area contributed by atoms with Crippen LogP contribution in [0.1, 0.15) is 25.0 Å². The maximum absolute atomic E-state index is 5.38. The Kier molecular flexibility index (Phi) is 5.93. The fourth-order valence-electron chi connectivity index (χ4n) is 9.05. The number of aromatic nitrogens is 5. The van der Waals surface area contributed by atoms with E-state index in [1.165, 1.54) is 64.2 Å². The van der Waals surface area contributed by atoms with Crippen molar-refractivity contribution >= 4 is 75.1 Å². The number of thiophene rings is 1. The minimum atomic E-state index is -0.259. The third-order valence-corrected chi connectivity index (χ3v) is 12.8. The van der Waals surface area contributed by atoms with Crippen molar-refractivity contribution in [2.45, 2.75) is 19.3 Å². The van der Waals surface area contributed by atoms with Crippen LogP contribution >= 0.6 is 11.3 Å². The van der Waals surface area contributed by atoms with Gasteiger partial charge in [-0.15, -0.1) is 11.3 Å². The summed E-state index contributed by atoms with van der Waals surface area (Å²) in [6, 6.07) is 54.4. The summed E-state index contributed by atoms with van der Waals surface area (Å²) in [4.78, 5) is 15.9. The van der Waals surface area contributed by atoms with Crippen LogP contribution in [0.3, 0.4) is 0 Å². The molecule has 12 rings (SSSR count). The fourth-order valence-corrected chi connectivity index (χ4v) is 10.3. The minimum Gasteiger partial charge on any atom is -0.309 e. The van der Waals surface area contributed by atoms with E-state index in [4.69, 9.17) is 15.0 Å². The second kappa shape index (κ2) is 10.7. The zero-order valence-electron chi connectivity index (χ0n) is 29.6. The van der Waals surface area contributed by atoms with Crippen molar-refractivity contribution in [1.82, 2.24) is 24.1 Å². The first kappa shape index (κ1) is 29.9. The molecule has 0 unspecified atom stereocenters. The van der Waals surface area contributed by atoms with Gasteiger partial charge in [0.15, 0.2) is 11.6 Å². The van der Waals surface area contributed by atoms with E-state index in [1.807, 2.05) is 18.2 Å². The highest BCUT2D eigenvalue weighted by molar-refractivity contribution is 7.26. The van der Waals surface area contributed by atoms with Crippen LogP contribution in [0.4, 0.5) is 0 Å². The predicted octanol–water partition coefficient (Wildman–Crippen LogP) is 12.4. The first-order chi connectivity index (χ1) is 26.5. The van der Waals surface area contributed by atoms with E-state index in [9.17, 15) is 0 Å². The predicted molar refractivity (Wildman–Crippen MR) is 224 cm³/mol. The smallest absolute Gasteiger partial charge is 0.238 e. The average Bonchev–Trinajstić information content (AvgIpc) is 3.88. The summed E-state index contributed by atoms with van der Waals surface area (Å²) >= 11 is 1.79. The molecule has 0 aliphatic carbocycles. The Morgan fingerprint density at radius 3 is 1.96 bits per heavy atom. The number of nitrogens with zero attached hydrogens (tertiary/aromatic N) is 5. The Labute approximate surface area is 314 Å². The van der Waals surface area contributed by atoms with Gasteiger partial charge in [0.1, 0.15) is 0 Å². The van der Waals surface area contributed by atoms with E-state index in [0.29, 0.717) is 17.6 Å². The van der Waals surface area contributed by atoms with E-state index >= 15 is 0 Å².